The van der Waals surface area contributed by atoms with Crippen LogP contribution in [-0.2, 0) is 4.57 Å². The molecule has 0 aliphatic rings. The largest absolute Gasteiger partial charge is 0.348 e. The second kappa shape index (κ2) is 4.05. The monoisotopic (exact) mass is 204 g/mol. The highest BCUT2D eigenvalue weighted by molar-refractivity contribution is 7.51. The van der Waals surface area contributed by atoms with E-state index < -0.39 is 7.60 Å². The Bertz CT molecular complexity index is 293. The molecule has 1 unspecified atom stereocenters. The summed E-state index contributed by atoms with van der Waals surface area (Å²) in [6, 6.07) is 0. The minimum absolute atomic E-state index is 0.0762. The van der Waals surface area contributed by atoms with Gasteiger partial charge >= 0.3 is 7.60 Å². The van der Waals surface area contributed by atoms with Crippen LogP contribution in [0.1, 0.15) is 25.0 Å². The number of nitrogens with zero attached hydrogens (tertiary/aromatic N) is 1. The second-order valence-electron chi connectivity index (χ2n) is 3.08. The maximum Gasteiger partial charge on any atom is 0.325 e. The van der Waals surface area contributed by atoms with E-state index in [9.17, 15) is 4.57 Å². The first-order chi connectivity index (χ1) is 5.99. The molecule has 0 amide bonds. The van der Waals surface area contributed by atoms with Crippen molar-refractivity contribution in [2.24, 2.45) is 0 Å². The van der Waals surface area contributed by atoms with Crippen LogP contribution in [-0.4, -0.2) is 25.9 Å². The minimum Gasteiger partial charge on any atom is -0.348 e. The quantitative estimate of drug-likeness (QED) is 0.640. The van der Waals surface area contributed by atoms with Gasteiger partial charge in [-0.05, 0) is 12.3 Å². The van der Waals surface area contributed by atoms with E-state index >= 15 is 0 Å². The Morgan fingerprint density at radius 3 is 2.85 bits per heavy atom. The molecule has 0 spiro atoms. The number of nitrogens with one attached hydrogen (secondary N) is 1. The fourth-order valence-electron chi connectivity index (χ4n) is 1.05. The standard InChI is InChI=1S/C7H13N2O3P/c1-6(2-3-13(10,11)12)7-4-8-5-9-7/h4-6H,2-3H2,1H3,(H,8,9)(H2,10,11,12). The number of hydrogen-bond acceptors (Lipinski definition) is 2. The van der Waals surface area contributed by atoms with Gasteiger partial charge in [-0.25, -0.2) is 4.98 Å². The summed E-state index contributed by atoms with van der Waals surface area (Å²) >= 11 is 0. The zero-order chi connectivity index (χ0) is 9.90. The molecule has 6 heteroatoms. The Hall–Kier alpha value is -0.640. The van der Waals surface area contributed by atoms with Gasteiger partial charge in [0, 0.05) is 11.9 Å². The molecule has 74 valence electrons. The van der Waals surface area contributed by atoms with Crippen molar-refractivity contribution in [3.05, 3.63) is 18.2 Å². The van der Waals surface area contributed by atoms with Gasteiger partial charge in [-0.15, -0.1) is 0 Å². The van der Waals surface area contributed by atoms with Crippen molar-refractivity contribution in [1.82, 2.24) is 9.97 Å². The Morgan fingerprint density at radius 1 is 1.69 bits per heavy atom. The SMILES string of the molecule is CC(CCP(=O)(O)O)c1cnc[nH]1. The summed E-state index contributed by atoms with van der Waals surface area (Å²) in [6.07, 6.45) is 3.62. The molecule has 0 aromatic carbocycles. The average molecular weight is 204 g/mol. The first-order valence-electron chi connectivity index (χ1n) is 4.02. The van der Waals surface area contributed by atoms with Gasteiger partial charge in [-0.2, -0.15) is 0 Å². The van der Waals surface area contributed by atoms with Crippen LogP contribution in [0.3, 0.4) is 0 Å². The molecule has 1 aromatic rings. The smallest absolute Gasteiger partial charge is 0.325 e. The number of H-pyrrole nitrogens is 1. The lowest BCUT2D eigenvalue weighted by Crippen LogP contribution is -1.98. The Labute approximate surface area is 76.4 Å². The molecule has 13 heavy (non-hydrogen) atoms. The Kier molecular flexibility index (Phi) is 3.25. The van der Waals surface area contributed by atoms with Crippen LogP contribution in [0.25, 0.3) is 0 Å². The van der Waals surface area contributed by atoms with E-state index in [0.29, 0.717) is 6.42 Å². The summed E-state index contributed by atoms with van der Waals surface area (Å²) in [4.78, 5) is 24.0. The zero-order valence-electron chi connectivity index (χ0n) is 7.34. The van der Waals surface area contributed by atoms with Crippen molar-refractivity contribution in [2.45, 2.75) is 19.3 Å². The van der Waals surface area contributed by atoms with E-state index in [0.717, 1.165) is 5.69 Å². The van der Waals surface area contributed by atoms with Crippen LogP contribution in [0.4, 0.5) is 0 Å². The molecule has 3 N–H and O–H groups in total. The molecule has 0 aliphatic carbocycles. The molecule has 0 saturated carbocycles. The highest BCUT2D eigenvalue weighted by atomic mass is 31.2. The number of imidazole rings is 1. The summed E-state index contributed by atoms with van der Waals surface area (Å²) < 4.78 is 10.6. The number of aromatic amines is 1. The maximum absolute atomic E-state index is 10.6. The van der Waals surface area contributed by atoms with Gasteiger partial charge in [0.05, 0.1) is 12.5 Å². The van der Waals surface area contributed by atoms with Crippen molar-refractivity contribution in [1.29, 1.82) is 0 Å². The van der Waals surface area contributed by atoms with Gasteiger partial charge in [0.1, 0.15) is 0 Å². The van der Waals surface area contributed by atoms with Crippen molar-refractivity contribution in [3.63, 3.8) is 0 Å². The molecular formula is C7H13N2O3P. The van der Waals surface area contributed by atoms with Crippen LogP contribution < -0.4 is 0 Å². The Morgan fingerprint density at radius 2 is 2.38 bits per heavy atom. The molecule has 1 heterocycles. The third-order valence-electron chi connectivity index (χ3n) is 1.90. The predicted octanol–water partition coefficient (Wildman–Crippen LogP) is 1.08. The van der Waals surface area contributed by atoms with Gasteiger partial charge in [-0.3, -0.25) is 4.57 Å². The van der Waals surface area contributed by atoms with E-state index in [1.54, 1.807) is 12.5 Å². The highest BCUT2D eigenvalue weighted by Crippen LogP contribution is 2.37. The zero-order valence-corrected chi connectivity index (χ0v) is 8.24. The van der Waals surface area contributed by atoms with Crippen LogP contribution in [0.15, 0.2) is 12.5 Å². The maximum atomic E-state index is 10.6. The lowest BCUT2D eigenvalue weighted by Gasteiger charge is -2.09. The van der Waals surface area contributed by atoms with E-state index in [1.165, 1.54) is 0 Å². The van der Waals surface area contributed by atoms with E-state index in [4.69, 9.17) is 9.79 Å². The molecule has 1 rings (SSSR count). The average Bonchev–Trinajstić information content (AvgIpc) is 2.50. The summed E-state index contributed by atoms with van der Waals surface area (Å²) in [5.74, 6) is 0.107. The number of rotatable bonds is 4. The van der Waals surface area contributed by atoms with E-state index in [2.05, 4.69) is 9.97 Å². The van der Waals surface area contributed by atoms with Gasteiger partial charge < -0.3 is 14.8 Å². The fraction of sp³-hybridized carbons (Fsp3) is 0.571. The summed E-state index contributed by atoms with van der Waals surface area (Å²) in [5, 5.41) is 0. The molecule has 0 bridgehead atoms. The molecule has 0 fully saturated rings. The molecule has 0 saturated heterocycles. The van der Waals surface area contributed by atoms with Gasteiger partial charge in [0.2, 0.25) is 0 Å². The van der Waals surface area contributed by atoms with E-state index in [1.807, 2.05) is 6.92 Å². The molecular weight excluding hydrogens is 191 g/mol. The molecule has 1 atom stereocenters. The minimum atomic E-state index is -3.86. The predicted molar refractivity (Wildman–Crippen MR) is 48.5 cm³/mol. The molecule has 5 nitrogen and oxygen atoms in total. The van der Waals surface area contributed by atoms with Gasteiger partial charge in [0.25, 0.3) is 0 Å². The first-order valence-corrected chi connectivity index (χ1v) is 5.81. The number of aromatic nitrogens is 2. The highest BCUT2D eigenvalue weighted by Gasteiger charge is 2.16. The van der Waals surface area contributed by atoms with Crippen molar-refractivity contribution >= 4 is 7.60 Å². The lowest BCUT2D eigenvalue weighted by atomic mass is 10.1. The van der Waals surface area contributed by atoms with Crippen molar-refractivity contribution < 1.29 is 14.4 Å². The normalized spacial score (nSPS) is 14.4. The fourth-order valence-corrected chi connectivity index (χ4v) is 1.78. The van der Waals surface area contributed by atoms with Crippen LogP contribution in [0, 0.1) is 0 Å². The molecule has 0 radical (unpaired) electrons. The summed E-state index contributed by atoms with van der Waals surface area (Å²) in [5.41, 5.74) is 0.911. The first kappa shape index (κ1) is 10.4. The molecule has 1 aromatic heterocycles. The topological polar surface area (TPSA) is 86.2 Å². The third-order valence-corrected chi connectivity index (χ3v) is 2.74. The third kappa shape index (κ3) is 3.72. The van der Waals surface area contributed by atoms with Crippen molar-refractivity contribution in [2.75, 3.05) is 6.16 Å². The van der Waals surface area contributed by atoms with Gasteiger partial charge in [0.15, 0.2) is 0 Å². The van der Waals surface area contributed by atoms with Crippen molar-refractivity contribution in [3.8, 4) is 0 Å². The summed E-state index contributed by atoms with van der Waals surface area (Å²) in [6.45, 7) is 1.91. The number of hydrogen-bond donors (Lipinski definition) is 3. The second-order valence-corrected chi connectivity index (χ2v) is 4.86. The van der Waals surface area contributed by atoms with Crippen LogP contribution in [0.2, 0.25) is 0 Å². The van der Waals surface area contributed by atoms with Crippen LogP contribution in [0.5, 0.6) is 0 Å². The molecule has 0 aliphatic heterocycles. The lowest BCUT2D eigenvalue weighted by molar-refractivity contribution is 0.370. The van der Waals surface area contributed by atoms with Crippen LogP contribution >= 0.6 is 7.60 Å². The Balaban J connectivity index is 2.43. The summed E-state index contributed by atoms with van der Waals surface area (Å²) in [7, 11) is -3.86. The van der Waals surface area contributed by atoms with E-state index in [-0.39, 0.29) is 12.1 Å². The van der Waals surface area contributed by atoms with Gasteiger partial charge in [-0.1, -0.05) is 6.92 Å².